The summed E-state index contributed by atoms with van der Waals surface area (Å²) in [7, 11) is 6.12. The van der Waals surface area contributed by atoms with E-state index in [0.29, 0.717) is 23.0 Å². The zero-order valence-electron chi connectivity index (χ0n) is 22.0. The van der Waals surface area contributed by atoms with Gasteiger partial charge in [0.2, 0.25) is 12.5 Å². The highest BCUT2D eigenvalue weighted by atomic mass is 16.7. The Bertz CT molecular complexity index is 1410. The Labute approximate surface area is 225 Å². The molecule has 204 valence electrons. The summed E-state index contributed by atoms with van der Waals surface area (Å²) in [4.78, 5) is 13.3. The minimum Gasteiger partial charge on any atom is -0.502 e. The molecular formula is C29H29NO9. The minimum absolute atomic E-state index is 0.107. The lowest BCUT2D eigenvalue weighted by Crippen LogP contribution is -2.37. The van der Waals surface area contributed by atoms with E-state index in [1.165, 1.54) is 14.2 Å². The van der Waals surface area contributed by atoms with Gasteiger partial charge >= 0.3 is 5.97 Å². The van der Waals surface area contributed by atoms with Crippen molar-refractivity contribution in [2.45, 2.75) is 12.0 Å². The molecule has 1 fully saturated rings. The number of hydrogen-bond donors (Lipinski definition) is 2. The number of anilines is 1. The van der Waals surface area contributed by atoms with E-state index in [4.69, 9.17) is 33.2 Å². The van der Waals surface area contributed by atoms with Crippen LogP contribution in [0.2, 0.25) is 0 Å². The van der Waals surface area contributed by atoms with Crippen molar-refractivity contribution in [1.29, 1.82) is 0 Å². The van der Waals surface area contributed by atoms with Gasteiger partial charge < -0.3 is 43.6 Å². The molecule has 0 radical (unpaired) electrons. The first kappa shape index (κ1) is 24.8. The molecule has 39 heavy (non-hydrogen) atoms. The van der Waals surface area contributed by atoms with Gasteiger partial charge in [-0.1, -0.05) is 0 Å². The summed E-state index contributed by atoms with van der Waals surface area (Å²) in [6, 6.07) is 12.7. The van der Waals surface area contributed by atoms with Gasteiger partial charge in [-0.3, -0.25) is 4.79 Å². The lowest BCUT2D eigenvalue weighted by molar-refractivity contribution is -0.141. The fraction of sp³-hybridized carbons (Fsp3) is 0.345. The zero-order valence-corrected chi connectivity index (χ0v) is 22.0. The first-order valence-electron chi connectivity index (χ1n) is 12.5. The Morgan fingerprint density at radius 3 is 2.08 bits per heavy atom. The maximum absolute atomic E-state index is 13.3. The summed E-state index contributed by atoms with van der Waals surface area (Å²) in [6.45, 7) is 0.359. The van der Waals surface area contributed by atoms with E-state index in [2.05, 4.69) is 5.32 Å². The summed E-state index contributed by atoms with van der Waals surface area (Å²) in [5.41, 5.74) is 3.38. The summed E-state index contributed by atoms with van der Waals surface area (Å²) < 4.78 is 38.9. The normalized spacial score (nSPS) is 22.4. The number of phenolic OH excluding ortho intramolecular Hbond substituents is 1. The third-order valence-corrected chi connectivity index (χ3v) is 7.75. The molecule has 1 aliphatic carbocycles. The highest BCUT2D eigenvalue weighted by Gasteiger charge is 2.52. The SMILES string of the molecule is COc1ccc(N[C@@H]2c3cc4c(cc3C(c3cc(OC)c(O)c(OC)c3)[C@H]3C(=O)OCC32)OCO4)cc1OC. The van der Waals surface area contributed by atoms with Gasteiger partial charge in [0, 0.05) is 23.6 Å². The van der Waals surface area contributed by atoms with Gasteiger partial charge in [0.05, 0.1) is 47.0 Å². The third-order valence-electron chi connectivity index (χ3n) is 7.75. The van der Waals surface area contributed by atoms with Crippen molar-refractivity contribution in [3.8, 4) is 40.2 Å². The molecule has 0 amide bonds. The van der Waals surface area contributed by atoms with Crippen molar-refractivity contribution >= 4 is 11.7 Å². The number of nitrogens with one attached hydrogen (secondary N) is 1. The van der Waals surface area contributed by atoms with Crippen molar-refractivity contribution in [3.63, 3.8) is 0 Å². The van der Waals surface area contributed by atoms with Crippen LogP contribution in [0, 0.1) is 11.8 Å². The van der Waals surface area contributed by atoms with Crippen molar-refractivity contribution in [2.24, 2.45) is 11.8 Å². The highest BCUT2D eigenvalue weighted by molar-refractivity contribution is 5.79. The maximum Gasteiger partial charge on any atom is 0.310 e. The average Bonchev–Trinajstić information content (AvgIpc) is 3.58. The van der Waals surface area contributed by atoms with Crippen molar-refractivity contribution in [2.75, 3.05) is 47.2 Å². The van der Waals surface area contributed by atoms with Gasteiger partial charge in [-0.15, -0.1) is 0 Å². The number of fused-ring (bicyclic) bond motifs is 3. The molecule has 6 rings (SSSR count). The quantitative estimate of drug-likeness (QED) is 0.426. The van der Waals surface area contributed by atoms with E-state index in [1.807, 2.05) is 30.3 Å². The highest BCUT2D eigenvalue weighted by Crippen LogP contribution is 2.56. The van der Waals surface area contributed by atoms with Crippen LogP contribution in [-0.4, -0.2) is 52.9 Å². The Hall–Kier alpha value is -4.47. The van der Waals surface area contributed by atoms with Gasteiger partial charge in [-0.2, -0.15) is 0 Å². The predicted molar refractivity (Wildman–Crippen MR) is 139 cm³/mol. The number of ether oxygens (including phenoxy) is 7. The van der Waals surface area contributed by atoms with Gasteiger partial charge in [0.1, 0.15) is 0 Å². The second-order valence-corrected chi connectivity index (χ2v) is 9.60. The molecule has 0 aromatic heterocycles. The molecule has 2 N–H and O–H groups in total. The number of carbonyl (C=O) groups is 1. The number of hydrogen-bond acceptors (Lipinski definition) is 10. The molecule has 10 nitrogen and oxygen atoms in total. The van der Waals surface area contributed by atoms with E-state index >= 15 is 0 Å². The van der Waals surface area contributed by atoms with Crippen LogP contribution in [0.1, 0.15) is 28.7 Å². The number of cyclic esters (lactones) is 1. The van der Waals surface area contributed by atoms with Crippen LogP contribution in [0.25, 0.3) is 0 Å². The van der Waals surface area contributed by atoms with Crippen LogP contribution in [0.4, 0.5) is 5.69 Å². The molecule has 3 aliphatic rings. The van der Waals surface area contributed by atoms with Gasteiger partial charge in [-0.25, -0.2) is 0 Å². The van der Waals surface area contributed by atoms with Crippen molar-refractivity contribution in [1.82, 2.24) is 0 Å². The van der Waals surface area contributed by atoms with Crippen LogP contribution in [0.5, 0.6) is 40.2 Å². The van der Waals surface area contributed by atoms with Crippen molar-refractivity contribution < 1.29 is 43.1 Å². The molecule has 3 aromatic carbocycles. The molecule has 2 unspecified atom stereocenters. The number of carbonyl (C=O) groups excluding carboxylic acids is 1. The van der Waals surface area contributed by atoms with Crippen LogP contribution < -0.4 is 33.7 Å². The number of benzene rings is 3. The Morgan fingerprint density at radius 1 is 0.795 bits per heavy atom. The largest absolute Gasteiger partial charge is 0.502 e. The van der Waals surface area contributed by atoms with Crippen molar-refractivity contribution in [3.05, 3.63) is 59.2 Å². The molecule has 10 heteroatoms. The predicted octanol–water partition coefficient (Wildman–Crippen LogP) is 4.24. The minimum atomic E-state index is -0.519. The van der Waals surface area contributed by atoms with Crippen LogP contribution in [0.15, 0.2) is 42.5 Å². The number of aromatic hydroxyl groups is 1. The first-order chi connectivity index (χ1) is 19.0. The lowest BCUT2D eigenvalue weighted by Gasteiger charge is -2.40. The third kappa shape index (κ3) is 3.98. The number of rotatable bonds is 7. The first-order valence-corrected chi connectivity index (χ1v) is 12.5. The topological polar surface area (TPSA) is 114 Å². The molecule has 0 saturated carbocycles. The summed E-state index contributed by atoms with van der Waals surface area (Å²) >= 11 is 0. The lowest BCUT2D eigenvalue weighted by atomic mass is 9.65. The maximum atomic E-state index is 13.3. The molecule has 2 heterocycles. The summed E-state index contributed by atoms with van der Waals surface area (Å²) in [5, 5.41) is 14.2. The van der Waals surface area contributed by atoms with E-state index in [-0.39, 0.29) is 48.6 Å². The average molecular weight is 536 g/mol. The van der Waals surface area contributed by atoms with Crippen LogP contribution >= 0.6 is 0 Å². The standard InChI is InChI=1S/C29H29NO9/c1-33-19-6-5-15(9-20(19)34-2)30-27-17-11-22-21(38-13-39-22)10-16(17)25(26-18(27)12-37-29(26)32)14-7-23(35-3)28(31)24(8-14)36-4/h5-11,18,25-27,30-31H,12-13H2,1-4H3/t18?,25?,26-,27+/m0/s1. The Kier molecular flexibility index (Phi) is 6.17. The molecule has 3 aromatic rings. The van der Waals surface area contributed by atoms with Gasteiger partial charge in [-0.05, 0) is 53.1 Å². The second kappa shape index (κ2) is 9.68. The summed E-state index contributed by atoms with van der Waals surface area (Å²) in [5.74, 6) is 1.39. The molecule has 1 saturated heterocycles. The van der Waals surface area contributed by atoms with Gasteiger partial charge in [0.25, 0.3) is 0 Å². The zero-order chi connectivity index (χ0) is 27.3. The van der Waals surface area contributed by atoms with Gasteiger partial charge in [0.15, 0.2) is 34.5 Å². The monoisotopic (exact) mass is 535 g/mol. The molecule has 0 bridgehead atoms. The Balaban J connectivity index is 1.52. The van der Waals surface area contributed by atoms with E-state index in [0.717, 1.165) is 22.4 Å². The molecule has 4 atom stereocenters. The fourth-order valence-electron chi connectivity index (χ4n) is 5.95. The summed E-state index contributed by atoms with van der Waals surface area (Å²) in [6.07, 6.45) is 0. The molecule has 0 spiro atoms. The number of methoxy groups -OCH3 is 4. The van der Waals surface area contributed by atoms with E-state index < -0.39 is 11.8 Å². The van der Waals surface area contributed by atoms with Crippen LogP contribution in [0.3, 0.4) is 0 Å². The second-order valence-electron chi connectivity index (χ2n) is 9.60. The van der Waals surface area contributed by atoms with E-state index in [9.17, 15) is 9.90 Å². The Morgan fingerprint density at radius 2 is 1.44 bits per heavy atom. The molecular weight excluding hydrogens is 506 g/mol. The molecule has 2 aliphatic heterocycles. The van der Waals surface area contributed by atoms with Crippen LogP contribution in [-0.2, 0) is 9.53 Å². The smallest absolute Gasteiger partial charge is 0.310 e. The van der Waals surface area contributed by atoms with E-state index in [1.54, 1.807) is 26.4 Å². The fourth-order valence-corrected chi connectivity index (χ4v) is 5.95. The number of phenols is 1. The number of esters is 1.